The van der Waals surface area contributed by atoms with Crippen LogP contribution in [-0.2, 0) is 10.3 Å². The van der Waals surface area contributed by atoms with Crippen molar-refractivity contribution in [3.63, 3.8) is 0 Å². The van der Waals surface area contributed by atoms with Gasteiger partial charge in [0.2, 0.25) is 12.7 Å². The van der Waals surface area contributed by atoms with E-state index in [1.54, 1.807) is 0 Å². The average molecular weight is 359 g/mol. The molecule has 0 saturated heterocycles. The SMILES string of the molecule is CO/N=C(/C(=O)c1nnc(C(C)(C)c2ccc3c(c2)OCO3)o1)C(C)C. The Labute approximate surface area is 151 Å². The Kier molecular flexibility index (Phi) is 4.67. The summed E-state index contributed by atoms with van der Waals surface area (Å²) in [5, 5.41) is 11.8. The summed E-state index contributed by atoms with van der Waals surface area (Å²) in [5.74, 6) is 0.990. The number of carbonyl (C=O) groups is 1. The summed E-state index contributed by atoms with van der Waals surface area (Å²) in [7, 11) is 1.39. The predicted octanol–water partition coefficient (Wildman–Crippen LogP) is 2.97. The highest BCUT2D eigenvalue weighted by Crippen LogP contribution is 2.38. The largest absolute Gasteiger partial charge is 0.454 e. The van der Waals surface area contributed by atoms with E-state index in [1.165, 1.54) is 7.11 Å². The van der Waals surface area contributed by atoms with Crippen molar-refractivity contribution in [1.29, 1.82) is 0 Å². The topological polar surface area (TPSA) is 96.0 Å². The van der Waals surface area contributed by atoms with E-state index in [9.17, 15) is 4.79 Å². The molecular weight excluding hydrogens is 338 g/mol. The van der Waals surface area contributed by atoms with E-state index < -0.39 is 11.2 Å². The lowest BCUT2D eigenvalue weighted by atomic mass is 9.84. The van der Waals surface area contributed by atoms with Crippen LogP contribution >= 0.6 is 0 Å². The molecule has 0 aliphatic carbocycles. The van der Waals surface area contributed by atoms with Crippen molar-refractivity contribution in [1.82, 2.24) is 10.2 Å². The van der Waals surface area contributed by atoms with Crippen LogP contribution in [0.15, 0.2) is 27.8 Å². The molecule has 2 aromatic rings. The summed E-state index contributed by atoms with van der Waals surface area (Å²) in [6, 6.07) is 5.62. The first-order valence-corrected chi connectivity index (χ1v) is 8.24. The number of carbonyl (C=O) groups excluding carboxylic acids is 1. The number of hydrogen-bond acceptors (Lipinski definition) is 8. The van der Waals surface area contributed by atoms with Gasteiger partial charge in [-0.15, -0.1) is 10.2 Å². The number of nitrogens with zero attached hydrogens (tertiary/aromatic N) is 3. The molecule has 0 fully saturated rings. The number of ketones is 1. The quantitative estimate of drug-likeness (QED) is 0.444. The van der Waals surface area contributed by atoms with Crippen LogP contribution in [0.2, 0.25) is 0 Å². The van der Waals surface area contributed by atoms with Gasteiger partial charge in [-0.1, -0.05) is 25.1 Å². The van der Waals surface area contributed by atoms with Crippen LogP contribution in [0, 0.1) is 5.92 Å². The highest BCUT2D eigenvalue weighted by Gasteiger charge is 2.33. The second-order valence-corrected chi connectivity index (χ2v) is 6.75. The number of benzene rings is 1. The molecule has 0 radical (unpaired) electrons. The summed E-state index contributed by atoms with van der Waals surface area (Å²) in [6.45, 7) is 7.74. The maximum atomic E-state index is 12.6. The van der Waals surface area contributed by atoms with Gasteiger partial charge in [-0.25, -0.2) is 0 Å². The summed E-state index contributed by atoms with van der Waals surface area (Å²) >= 11 is 0. The Hall–Kier alpha value is -2.90. The van der Waals surface area contributed by atoms with E-state index in [2.05, 4.69) is 15.4 Å². The third-order valence-electron chi connectivity index (χ3n) is 4.22. The summed E-state index contributed by atoms with van der Waals surface area (Å²) in [4.78, 5) is 17.3. The zero-order chi connectivity index (χ0) is 18.9. The first kappa shape index (κ1) is 17.9. The molecule has 0 atom stereocenters. The maximum absolute atomic E-state index is 12.6. The van der Waals surface area contributed by atoms with Gasteiger partial charge in [-0.3, -0.25) is 4.79 Å². The van der Waals surface area contributed by atoms with Crippen LogP contribution in [0.25, 0.3) is 0 Å². The predicted molar refractivity (Wildman–Crippen MR) is 92.6 cm³/mol. The minimum atomic E-state index is -0.622. The molecule has 0 unspecified atom stereocenters. The normalized spacial score (nSPS) is 14.0. The summed E-state index contributed by atoms with van der Waals surface area (Å²) in [6.07, 6.45) is 0. The lowest BCUT2D eigenvalue weighted by Gasteiger charge is -2.20. The number of fused-ring (bicyclic) bond motifs is 1. The van der Waals surface area contributed by atoms with Gasteiger partial charge in [-0.2, -0.15) is 0 Å². The van der Waals surface area contributed by atoms with Gasteiger partial charge in [0.15, 0.2) is 11.5 Å². The number of oxime groups is 1. The van der Waals surface area contributed by atoms with Crippen LogP contribution in [0.1, 0.15) is 49.8 Å². The first-order chi connectivity index (χ1) is 12.3. The molecule has 8 nitrogen and oxygen atoms in total. The second-order valence-electron chi connectivity index (χ2n) is 6.75. The van der Waals surface area contributed by atoms with Crippen LogP contribution < -0.4 is 9.47 Å². The number of Topliss-reactive ketones (excluding diaryl/α,β-unsaturated/α-hetero) is 1. The van der Waals surface area contributed by atoms with Crippen molar-refractivity contribution in [2.24, 2.45) is 11.1 Å². The van der Waals surface area contributed by atoms with Crippen molar-refractivity contribution in [3.8, 4) is 11.5 Å². The van der Waals surface area contributed by atoms with Gasteiger partial charge in [0.1, 0.15) is 12.8 Å². The van der Waals surface area contributed by atoms with E-state index >= 15 is 0 Å². The van der Waals surface area contributed by atoms with Gasteiger partial charge in [-0.05, 0) is 31.5 Å². The van der Waals surface area contributed by atoms with Crippen LogP contribution in [0.4, 0.5) is 0 Å². The molecule has 0 saturated carbocycles. The molecule has 0 amide bonds. The molecule has 0 spiro atoms. The highest BCUT2D eigenvalue weighted by molar-refractivity contribution is 6.45. The molecule has 8 heteroatoms. The van der Waals surface area contributed by atoms with Crippen LogP contribution in [0.3, 0.4) is 0 Å². The molecule has 138 valence electrons. The van der Waals surface area contributed by atoms with Gasteiger partial charge in [0, 0.05) is 5.92 Å². The minimum Gasteiger partial charge on any atom is -0.454 e. The molecule has 1 aliphatic heterocycles. The fourth-order valence-electron chi connectivity index (χ4n) is 2.59. The van der Waals surface area contributed by atoms with E-state index in [1.807, 2.05) is 45.9 Å². The Bertz CT molecular complexity index is 854. The fourth-order valence-corrected chi connectivity index (χ4v) is 2.59. The maximum Gasteiger partial charge on any atom is 0.290 e. The Morgan fingerprint density at radius 3 is 2.65 bits per heavy atom. The molecule has 26 heavy (non-hydrogen) atoms. The average Bonchev–Trinajstić information content (AvgIpc) is 3.27. The van der Waals surface area contributed by atoms with E-state index in [-0.39, 0.29) is 24.3 Å². The van der Waals surface area contributed by atoms with Crippen molar-refractivity contribution in [3.05, 3.63) is 35.5 Å². The third kappa shape index (κ3) is 3.14. The van der Waals surface area contributed by atoms with Crippen molar-refractivity contribution >= 4 is 11.5 Å². The molecule has 2 heterocycles. The lowest BCUT2D eigenvalue weighted by molar-refractivity contribution is 0.101. The minimum absolute atomic E-state index is 0.113. The molecule has 0 N–H and O–H groups in total. The van der Waals surface area contributed by atoms with E-state index in [0.29, 0.717) is 17.4 Å². The Morgan fingerprint density at radius 2 is 1.96 bits per heavy atom. The number of rotatable bonds is 6. The summed E-state index contributed by atoms with van der Waals surface area (Å²) < 4.78 is 16.4. The standard InChI is InChI=1S/C18H21N3O5/c1-10(2)14(21-23-5)15(22)16-19-20-17(26-16)18(3,4)11-6-7-12-13(8-11)25-9-24-12/h6-8,10H,9H2,1-5H3/b21-14+. The molecule has 1 aliphatic rings. The molecule has 0 bridgehead atoms. The molecular formula is C18H21N3O5. The van der Waals surface area contributed by atoms with Crippen molar-refractivity contribution < 1.29 is 23.5 Å². The van der Waals surface area contributed by atoms with Crippen molar-refractivity contribution in [2.45, 2.75) is 33.1 Å². The Morgan fingerprint density at radius 1 is 1.23 bits per heavy atom. The molecule has 3 rings (SSSR count). The molecule has 1 aromatic heterocycles. The van der Waals surface area contributed by atoms with Crippen molar-refractivity contribution in [2.75, 3.05) is 13.9 Å². The second kappa shape index (κ2) is 6.78. The zero-order valence-corrected chi connectivity index (χ0v) is 15.4. The monoisotopic (exact) mass is 359 g/mol. The number of hydrogen-bond donors (Lipinski definition) is 0. The summed E-state index contributed by atoms with van der Waals surface area (Å²) in [5.41, 5.74) is 0.505. The van der Waals surface area contributed by atoms with E-state index in [0.717, 1.165) is 5.56 Å². The lowest BCUT2D eigenvalue weighted by Crippen LogP contribution is -2.21. The van der Waals surface area contributed by atoms with Crippen LogP contribution in [0.5, 0.6) is 11.5 Å². The molecule has 1 aromatic carbocycles. The van der Waals surface area contributed by atoms with Crippen LogP contribution in [-0.4, -0.2) is 35.6 Å². The number of aromatic nitrogens is 2. The smallest absolute Gasteiger partial charge is 0.290 e. The Balaban J connectivity index is 1.91. The van der Waals surface area contributed by atoms with Gasteiger partial charge < -0.3 is 18.7 Å². The zero-order valence-electron chi connectivity index (χ0n) is 15.4. The highest BCUT2D eigenvalue weighted by atomic mass is 16.7. The first-order valence-electron chi connectivity index (χ1n) is 8.24. The fraction of sp³-hybridized carbons (Fsp3) is 0.444. The van der Waals surface area contributed by atoms with Gasteiger partial charge >= 0.3 is 0 Å². The third-order valence-corrected chi connectivity index (χ3v) is 4.22. The van der Waals surface area contributed by atoms with E-state index in [4.69, 9.17) is 18.7 Å². The van der Waals surface area contributed by atoms with Gasteiger partial charge in [0.05, 0.1) is 5.41 Å². The van der Waals surface area contributed by atoms with Gasteiger partial charge in [0.25, 0.3) is 11.7 Å². The number of ether oxygens (including phenoxy) is 2.